The predicted octanol–water partition coefficient (Wildman–Crippen LogP) is 2.67. The number of hydrogen-bond acceptors (Lipinski definition) is 2. The zero-order valence-corrected chi connectivity index (χ0v) is 10.8. The van der Waals surface area contributed by atoms with Crippen LogP contribution in [0.25, 0.3) is 0 Å². The molecular weight excluding hydrogens is 252 g/mol. The van der Waals surface area contributed by atoms with Gasteiger partial charge in [-0.1, -0.05) is 28.1 Å². The standard InChI is InChI=1S/C12H17BrN2/c1-8(2)15-6-10-9(12(14)7-15)4-3-5-11(10)13/h3-5,8,12H,6-7,14H2,1-2H3. The van der Waals surface area contributed by atoms with E-state index in [-0.39, 0.29) is 6.04 Å². The van der Waals surface area contributed by atoms with Crippen LogP contribution in [0.1, 0.15) is 31.0 Å². The second-order valence-electron chi connectivity index (χ2n) is 4.44. The van der Waals surface area contributed by atoms with Gasteiger partial charge in [-0.05, 0) is 31.0 Å². The summed E-state index contributed by atoms with van der Waals surface area (Å²) in [6.07, 6.45) is 0. The van der Waals surface area contributed by atoms with Crippen LogP contribution in [0.5, 0.6) is 0 Å². The van der Waals surface area contributed by atoms with Crippen molar-refractivity contribution in [3.63, 3.8) is 0 Å². The smallest absolute Gasteiger partial charge is 0.0428 e. The Morgan fingerprint density at radius 3 is 2.87 bits per heavy atom. The van der Waals surface area contributed by atoms with Crippen molar-refractivity contribution >= 4 is 15.9 Å². The van der Waals surface area contributed by atoms with Gasteiger partial charge in [0.2, 0.25) is 0 Å². The number of nitrogens with zero attached hydrogens (tertiary/aromatic N) is 1. The van der Waals surface area contributed by atoms with Gasteiger partial charge in [0, 0.05) is 29.6 Å². The van der Waals surface area contributed by atoms with Gasteiger partial charge in [0.05, 0.1) is 0 Å². The van der Waals surface area contributed by atoms with Crippen LogP contribution in [0.3, 0.4) is 0 Å². The Balaban J connectivity index is 2.37. The van der Waals surface area contributed by atoms with E-state index >= 15 is 0 Å². The molecular formula is C12H17BrN2. The predicted molar refractivity (Wildman–Crippen MR) is 66.6 cm³/mol. The van der Waals surface area contributed by atoms with Crippen LogP contribution in [-0.2, 0) is 6.54 Å². The Morgan fingerprint density at radius 2 is 2.20 bits per heavy atom. The molecule has 3 heteroatoms. The fourth-order valence-electron chi connectivity index (χ4n) is 2.10. The normalized spacial score (nSPS) is 21.8. The van der Waals surface area contributed by atoms with Crippen LogP contribution in [0.2, 0.25) is 0 Å². The van der Waals surface area contributed by atoms with Gasteiger partial charge in [0.1, 0.15) is 0 Å². The lowest BCUT2D eigenvalue weighted by molar-refractivity contribution is 0.184. The molecule has 0 aromatic heterocycles. The second kappa shape index (κ2) is 4.24. The van der Waals surface area contributed by atoms with Crippen LogP contribution in [0, 0.1) is 0 Å². The van der Waals surface area contributed by atoms with Gasteiger partial charge in [0.15, 0.2) is 0 Å². The van der Waals surface area contributed by atoms with E-state index in [0.717, 1.165) is 13.1 Å². The molecule has 1 heterocycles. The minimum atomic E-state index is 0.147. The van der Waals surface area contributed by atoms with Crippen LogP contribution in [0.4, 0.5) is 0 Å². The highest BCUT2D eigenvalue weighted by atomic mass is 79.9. The zero-order chi connectivity index (χ0) is 11.0. The largest absolute Gasteiger partial charge is 0.323 e. The van der Waals surface area contributed by atoms with Crippen molar-refractivity contribution in [2.75, 3.05) is 6.54 Å². The van der Waals surface area contributed by atoms with Crippen molar-refractivity contribution in [2.24, 2.45) is 5.73 Å². The maximum atomic E-state index is 6.18. The summed E-state index contributed by atoms with van der Waals surface area (Å²) in [5, 5.41) is 0. The lowest BCUT2D eigenvalue weighted by Crippen LogP contribution is -2.41. The van der Waals surface area contributed by atoms with E-state index in [1.165, 1.54) is 15.6 Å². The van der Waals surface area contributed by atoms with Crippen molar-refractivity contribution in [3.05, 3.63) is 33.8 Å². The Labute approximate surface area is 99.6 Å². The number of rotatable bonds is 1. The molecule has 0 fully saturated rings. The molecule has 1 aromatic carbocycles. The SMILES string of the molecule is CC(C)N1Cc2c(Br)cccc2C(N)C1. The fraction of sp³-hybridized carbons (Fsp3) is 0.500. The van der Waals surface area contributed by atoms with Crippen molar-refractivity contribution in [1.29, 1.82) is 0 Å². The van der Waals surface area contributed by atoms with Gasteiger partial charge >= 0.3 is 0 Å². The molecule has 0 radical (unpaired) electrons. The Kier molecular flexibility index (Phi) is 3.14. The van der Waals surface area contributed by atoms with E-state index in [2.05, 4.69) is 52.9 Å². The first-order valence-electron chi connectivity index (χ1n) is 5.36. The maximum Gasteiger partial charge on any atom is 0.0428 e. The third-order valence-corrected chi connectivity index (χ3v) is 3.82. The van der Waals surface area contributed by atoms with Gasteiger partial charge in [-0.15, -0.1) is 0 Å². The van der Waals surface area contributed by atoms with Crippen LogP contribution in [-0.4, -0.2) is 17.5 Å². The van der Waals surface area contributed by atoms with Crippen molar-refractivity contribution in [2.45, 2.75) is 32.5 Å². The Hall–Kier alpha value is -0.380. The van der Waals surface area contributed by atoms with E-state index in [1.807, 2.05) is 0 Å². The quantitative estimate of drug-likeness (QED) is 0.849. The van der Waals surface area contributed by atoms with Gasteiger partial charge in [-0.2, -0.15) is 0 Å². The lowest BCUT2D eigenvalue weighted by atomic mass is 9.95. The molecule has 2 N–H and O–H groups in total. The maximum absolute atomic E-state index is 6.18. The highest BCUT2D eigenvalue weighted by Gasteiger charge is 2.25. The topological polar surface area (TPSA) is 29.3 Å². The molecule has 1 atom stereocenters. The molecule has 82 valence electrons. The molecule has 0 bridgehead atoms. The average Bonchev–Trinajstić information content (AvgIpc) is 2.19. The van der Waals surface area contributed by atoms with Crippen molar-refractivity contribution < 1.29 is 0 Å². The number of nitrogens with two attached hydrogens (primary N) is 1. The van der Waals surface area contributed by atoms with Crippen molar-refractivity contribution in [3.8, 4) is 0 Å². The Bertz CT molecular complexity index is 363. The van der Waals surface area contributed by atoms with E-state index in [9.17, 15) is 0 Å². The molecule has 0 aliphatic carbocycles. The minimum absolute atomic E-state index is 0.147. The molecule has 2 rings (SSSR count). The highest BCUT2D eigenvalue weighted by Crippen LogP contribution is 2.31. The van der Waals surface area contributed by atoms with E-state index in [0.29, 0.717) is 6.04 Å². The molecule has 1 aliphatic heterocycles. The summed E-state index contributed by atoms with van der Waals surface area (Å²) < 4.78 is 1.18. The lowest BCUT2D eigenvalue weighted by Gasteiger charge is -2.36. The Morgan fingerprint density at radius 1 is 1.47 bits per heavy atom. The summed E-state index contributed by atoms with van der Waals surface area (Å²) >= 11 is 3.60. The number of hydrogen-bond donors (Lipinski definition) is 1. The third kappa shape index (κ3) is 2.10. The summed E-state index contributed by atoms with van der Waals surface area (Å²) in [5.74, 6) is 0. The average molecular weight is 269 g/mol. The first kappa shape index (κ1) is 11.1. The molecule has 0 spiro atoms. The first-order valence-corrected chi connectivity index (χ1v) is 6.16. The second-order valence-corrected chi connectivity index (χ2v) is 5.29. The molecule has 1 aromatic rings. The van der Waals surface area contributed by atoms with E-state index in [4.69, 9.17) is 5.73 Å². The van der Waals surface area contributed by atoms with Crippen LogP contribution < -0.4 is 5.73 Å². The fourth-order valence-corrected chi connectivity index (χ4v) is 2.61. The first-order chi connectivity index (χ1) is 7.09. The highest BCUT2D eigenvalue weighted by molar-refractivity contribution is 9.10. The number of halogens is 1. The number of benzene rings is 1. The van der Waals surface area contributed by atoms with Gasteiger partial charge in [-0.3, -0.25) is 4.90 Å². The summed E-state index contributed by atoms with van der Waals surface area (Å²) in [4.78, 5) is 2.41. The molecule has 2 nitrogen and oxygen atoms in total. The van der Waals surface area contributed by atoms with E-state index < -0.39 is 0 Å². The molecule has 0 amide bonds. The molecule has 0 saturated carbocycles. The summed E-state index contributed by atoms with van der Waals surface area (Å²) in [6.45, 7) is 6.40. The minimum Gasteiger partial charge on any atom is -0.323 e. The molecule has 1 unspecified atom stereocenters. The zero-order valence-electron chi connectivity index (χ0n) is 9.20. The van der Waals surface area contributed by atoms with Crippen molar-refractivity contribution in [1.82, 2.24) is 4.90 Å². The molecule has 0 saturated heterocycles. The van der Waals surface area contributed by atoms with E-state index in [1.54, 1.807) is 0 Å². The molecule has 15 heavy (non-hydrogen) atoms. The third-order valence-electron chi connectivity index (χ3n) is 3.08. The molecule has 1 aliphatic rings. The van der Waals surface area contributed by atoms with Crippen LogP contribution in [0.15, 0.2) is 22.7 Å². The monoisotopic (exact) mass is 268 g/mol. The van der Waals surface area contributed by atoms with Crippen LogP contribution >= 0.6 is 15.9 Å². The summed E-state index contributed by atoms with van der Waals surface area (Å²) in [6, 6.07) is 7.00. The van der Waals surface area contributed by atoms with Gasteiger partial charge < -0.3 is 5.73 Å². The summed E-state index contributed by atoms with van der Waals surface area (Å²) in [7, 11) is 0. The van der Waals surface area contributed by atoms with Gasteiger partial charge in [0.25, 0.3) is 0 Å². The van der Waals surface area contributed by atoms with Gasteiger partial charge in [-0.25, -0.2) is 0 Å². The summed E-state index contributed by atoms with van der Waals surface area (Å²) in [5.41, 5.74) is 8.83. The number of fused-ring (bicyclic) bond motifs is 1.